The minimum Gasteiger partial charge on any atom is -0.478 e. The van der Waals surface area contributed by atoms with Gasteiger partial charge in [0, 0.05) is 63.8 Å². The van der Waals surface area contributed by atoms with Gasteiger partial charge < -0.3 is 25.8 Å². The highest BCUT2D eigenvalue weighted by Crippen LogP contribution is 1.93. The van der Waals surface area contributed by atoms with Crippen LogP contribution in [0.3, 0.4) is 0 Å². The van der Waals surface area contributed by atoms with Crippen LogP contribution in [0.5, 0.6) is 0 Å². The molecule has 3 rings (SSSR count). The van der Waals surface area contributed by atoms with Crippen LogP contribution in [0, 0.1) is 0 Å². The number of nitrogens with zero attached hydrogens (tertiary/aromatic N) is 1. The molecule has 5 N–H and O–H groups in total. The minimum atomic E-state index is -1.26. The molecule has 0 bridgehead atoms. The number of ketones is 1. The van der Waals surface area contributed by atoms with E-state index >= 15 is 0 Å². The van der Waals surface area contributed by atoms with Crippen molar-refractivity contribution in [2.75, 3.05) is 26.2 Å². The van der Waals surface area contributed by atoms with Gasteiger partial charge in [-0.2, -0.15) is 0 Å². The normalized spacial score (nSPS) is 12.2. The highest BCUT2D eigenvalue weighted by atomic mass is 16.4. The monoisotopic (exact) mass is 390 g/mol. The van der Waals surface area contributed by atoms with E-state index in [1.807, 2.05) is 18.2 Å². The fraction of sp³-hybridized carbons (Fsp3) is 0.263. The van der Waals surface area contributed by atoms with E-state index in [4.69, 9.17) is 10.2 Å². The first kappa shape index (κ1) is 24.7. The molecule has 0 radical (unpaired) electrons. The van der Waals surface area contributed by atoms with Crippen molar-refractivity contribution < 1.29 is 24.6 Å². The summed E-state index contributed by atoms with van der Waals surface area (Å²) in [6, 6.07) is 9.27. The van der Waals surface area contributed by atoms with Crippen LogP contribution in [0.15, 0.2) is 61.1 Å². The lowest BCUT2D eigenvalue weighted by molar-refractivity contribution is -0.134. The largest absolute Gasteiger partial charge is 0.478 e. The van der Waals surface area contributed by atoms with E-state index < -0.39 is 11.9 Å². The highest BCUT2D eigenvalue weighted by Gasteiger charge is 1.94. The molecule has 3 heterocycles. The zero-order valence-electron chi connectivity index (χ0n) is 15.7. The molecule has 9 nitrogen and oxygen atoms in total. The maximum atomic E-state index is 10.5. The molecule has 0 saturated carbocycles. The van der Waals surface area contributed by atoms with Crippen LogP contribution in [0.4, 0.5) is 0 Å². The summed E-state index contributed by atoms with van der Waals surface area (Å²) in [5, 5.41) is 22.1. The number of carbonyl (C=O) groups is 3. The molecule has 2 aromatic rings. The molecule has 0 aliphatic carbocycles. The average molecular weight is 390 g/mol. The molecule has 0 aromatic carbocycles. The summed E-state index contributed by atoms with van der Waals surface area (Å²) in [5.41, 5.74) is 0.671. The van der Waals surface area contributed by atoms with Crippen molar-refractivity contribution in [3.8, 4) is 0 Å². The van der Waals surface area contributed by atoms with E-state index in [0.717, 1.165) is 26.2 Å². The fourth-order valence-corrected chi connectivity index (χ4v) is 1.61. The third kappa shape index (κ3) is 17.5. The lowest BCUT2D eigenvalue weighted by atomic mass is 10.3. The molecule has 1 fully saturated rings. The number of pyridine rings is 1. The third-order valence-electron chi connectivity index (χ3n) is 2.87. The molecule has 152 valence electrons. The number of Topliss-reactive ketones (excluding diaryl/α,β-unsaturated/α-hetero) is 1. The van der Waals surface area contributed by atoms with Gasteiger partial charge in [0.1, 0.15) is 0 Å². The molecule has 2 aromatic heterocycles. The second kappa shape index (κ2) is 17.1. The number of nitrogens with one attached hydrogen (secondary N) is 3. The van der Waals surface area contributed by atoms with Gasteiger partial charge in [-0.05, 0) is 24.3 Å². The van der Waals surface area contributed by atoms with Crippen LogP contribution >= 0.6 is 0 Å². The summed E-state index contributed by atoms with van der Waals surface area (Å²) < 4.78 is 0. The molecule has 1 saturated heterocycles. The van der Waals surface area contributed by atoms with Crippen LogP contribution in [-0.2, 0) is 9.59 Å². The van der Waals surface area contributed by atoms with Crippen LogP contribution in [0.2, 0.25) is 0 Å². The number of carboxylic acids is 2. The Labute approximate surface area is 163 Å². The topological polar surface area (TPSA) is 144 Å². The van der Waals surface area contributed by atoms with E-state index in [0.29, 0.717) is 17.8 Å². The number of aromatic amines is 1. The number of piperazine rings is 1. The van der Waals surface area contributed by atoms with Gasteiger partial charge >= 0.3 is 11.9 Å². The lowest BCUT2D eigenvalue weighted by Gasteiger charge is -2.11. The number of rotatable bonds is 3. The second-order valence-electron chi connectivity index (χ2n) is 5.17. The van der Waals surface area contributed by atoms with Gasteiger partial charge in [-0.1, -0.05) is 6.07 Å². The first-order chi connectivity index (χ1) is 13.4. The highest BCUT2D eigenvalue weighted by molar-refractivity contribution is 5.92. The Morgan fingerprint density at radius 1 is 0.893 bits per heavy atom. The van der Waals surface area contributed by atoms with Gasteiger partial charge in [-0.25, -0.2) is 9.59 Å². The Balaban J connectivity index is 0.000000350. The fourth-order valence-electron chi connectivity index (χ4n) is 1.61. The van der Waals surface area contributed by atoms with Crippen molar-refractivity contribution in [1.82, 2.24) is 20.6 Å². The van der Waals surface area contributed by atoms with Crippen molar-refractivity contribution in [1.29, 1.82) is 0 Å². The van der Waals surface area contributed by atoms with Crippen molar-refractivity contribution in [2.24, 2.45) is 0 Å². The Morgan fingerprint density at radius 2 is 1.39 bits per heavy atom. The van der Waals surface area contributed by atoms with E-state index in [2.05, 4.69) is 20.6 Å². The summed E-state index contributed by atoms with van der Waals surface area (Å²) in [4.78, 5) is 36.2. The first-order valence-corrected chi connectivity index (χ1v) is 8.48. The number of aliphatic carboxylic acids is 2. The van der Waals surface area contributed by atoms with Gasteiger partial charge in [0.2, 0.25) is 0 Å². The molecule has 1 aliphatic heterocycles. The summed E-state index contributed by atoms with van der Waals surface area (Å²) in [5.74, 6) is -2.44. The second-order valence-corrected chi connectivity index (χ2v) is 5.17. The Morgan fingerprint density at radius 3 is 1.57 bits per heavy atom. The molecular formula is C19H26N4O5. The molecule has 9 heteroatoms. The van der Waals surface area contributed by atoms with Crippen LogP contribution in [0.1, 0.15) is 17.4 Å². The number of carbonyl (C=O) groups excluding carboxylic acids is 1. The Hall–Kier alpha value is -3.30. The number of aromatic nitrogens is 2. The zero-order chi connectivity index (χ0) is 21.0. The smallest absolute Gasteiger partial charge is 0.328 e. The van der Waals surface area contributed by atoms with Crippen molar-refractivity contribution >= 4 is 17.7 Å². The van der Waals surface area contributed by atoms with Gasteiger partial charge in [0.15, 0.2) is 5.78 Å². The van der Waals surface area contributed by atoms with Crippen molar-refractivity contribution in [2.45, 2.75) is 6.92 Å². The molecule has 0 unspecified atom stereocenters. The van der Waals surface area contributed by atoms with Gasteiger partial charge in [-0.3, -0.25) is 9.78 Å². The summed E-state index contributed by atoms with van der Waals surface area (Å²) >= 11 is 0. The maximum Gasteiger partial charge on any atom is 0.328 e. The van der Waals surface area contributed by atoms with Crippen LogP contribution < -0.4 is 10.6 Å². The average Bonchev–Trinajstić information content (AvgIpc) is 3.26. The molecule has 0 atom stereocenters. The zero-order valence-corrected chi connectivity index (χ0v) is 15.7. The summed E-state index contributed by atoms with van der Waals surface area (Å²) in [7, 11) is 0. The summed E-state index contributed by atoms with van der Waals surface area (Å²) in [6.07, 6.45) is 6.35. The third-order valence-corrected chi connectivity index (χ3v) is 2.87. The number of H-pyrrole nitrogens is 1. The van der Waals surface area contributed by atoms with Crippen molar-refractivity contribution in [3.05, 3.63) is 66.8 Å². The Bertz CT molecular complexity index is 629. The number of carboxylic acid groups (broad SMARTS) is 2. The van der Waals surface area contributed by atoms with E-state index in [-0.39, 0.29) is 5.78 Å². The van der Waals surface area contributed by atoms with Crippen molar-refractivity contribution in [3.63, 3.8) is 0 Å². The van der Waals surface area contributed by atoms with Gasteiger partial charge in [0.05, 0.1) is 5.69 Å². The lowest BCUT2D eigenvalue weighted by Crippen LogP contribution is -2.39. The molecule has 1 aliphatic rings. The van der Waals surface area contributed by atoms with E-state index in [9.17, 15) is 14.4 Å². The van der Waals surface area contributed by atoms with E-state index in [1.54, 1.807) is 30.7 Å². The van der Waals surface area contributed by atoms with Gasteiger partial charge in [0.25, 0.3) is 0 Å². The quantitative estimate of drug-likeness (QED) is 0.388. The number of hydrogen-bond donors (Lipinski definition) is 5. The predicted octanol–water partition coefficient (Wildman–Crippen LogP) is 1.19. The SMILES string of the molecule is C1CNCCN1.CC(=O)c1ccc[nH]1.O=C(O)/C=C\C(=O)O.c1ccncc1. The predicted molar refractivity (Wildman–Crippen MR) is 105 cm³/mol. The minimum absolute atomic E-state index is 0.0787. The standard InChI is InChI=1S/C6H7NO.C5H5N.C4H10N2.C4H4O4/c1-5(8)6-3-2-4-7-6;1-2-4-6-5-3-1;1-2-6-4-3-5-1;5-3(6)1-2-4(7)8/h2-4,7H,1H3;1-5H;5-6H,1-4H2;1-2H,(H,5,6)(H,7,8)/b;;;2-1-. The van der Waals surface area contributed by atoms with Crippen LogP contribution in [0.25, 0.3) is 0 Å². The van der Waals surface area contributed by atoms with Crippen LogP contribution in [-0.4, -0.2) is 64.1 Å². The van der Waals surface area contributed by atoms with E-state index in [1.165, 1.54) is 6.92 Å². The molecular weight excluding hydrogens is 364 g/mol. The first-order valence-electron chi connectivity index (χ1n) is 8.48. The maximum absolute atomic E-state index is 10.5. The summed E-state index contributed by atoms with van der Waals surface area (Å²) in [6.45, 7) is 6.09. The number of hydrogen-bond acceptors (Lipinski definition) is 6. The molecule has 0 spiro atoms. The van der Waals surface area contributed by atoms with Gasteiger partial charge in [-0.15, -0.1) is 0 Å². The Kier molecular flexibility index (Phi) is 15.1. The molecule has 0 amide bonds. The molecule has 28 heavy (non-hydrogen) atoms.